The van der Waals surface area contributed by atoms with Crippen molar-refractivity contribution in [2.45, 2.75) is 22.9 Å². The van der Waals surface area contributed by atoms with Crippen LogP contribution in [0.25, 0.3) is 0 Å². The number of hydrogen-bond acceptors (Lipinski definition) is 4. The Kier molecular flexibility index (Phi) is 6.22. The minimum Gasteiger partial charge on any atom is -0.359 e. The molecule has 0 aromatic carbocycles. The van der Waals surface area contributed by atoms with Gasteiger partial charge in [-0.15, -0.1) is 23.4 Å². The highest BCUT2D eigenvalue weighted by molar-refractivity contribution is 8.02. The van der Waals surface area contributed by atoms with Crippen molar-refractivity contribution in [1.29, 1.82) is 0 Å². The molecule has 1 fully saturated rings. The van der Waals surface area contributed by atoms with Crippen molar-refractivity contribution < 1.29 is 18.4 Å². The fourth-order valence-corrected chi connectivity index (χ4v) is 4.20. The molecule has 1 aromatic heterocycles. The molecule has 2 rings (SSSR count). The molecule has 2 amide bonds. The van der Waals surface area contributed by atoms with Crippen LogP contribution in [-0.2, 0) is 16.1 Å². The Hall–Kier alpha value is -1.61. The summed E-state index contributed by atoms with van der Waals surface area (Å²) in [5.41, 5.74) is -0.915. The average molecular weight is 380 g/mol. The highest BCUT2D eigenvalue weighted by Gasteiger charge is 2.41. The van der Waals surface area contributed by atoms with Crippen LogP contribution in [0.4, 0.5) is 14.5 Å². The molecule has 2 N–H and O–H groups in total. The number of hydrogen-bond donors (Lipinski definition) is 2. The summed E-state index contributed by atoms with van der Waals surface area (Å²) in [5, 5.41) is 4.38. The topological polar surface area (TPSA) is 80.2 Å². The molecule has 0 radical (unpaired) electrons. The van der Waals surface area contributed by atoms with Gasteiger partial charge in [0.15, 0.2) is 5.82 Å². The Morgan fingerprint density at radius 3 is 2.79 bits per heavy atom. The van der Waals surface area contributed by atoms with Gasteiger partial charge in [0, 0.05) is 19.3 Å². The lowest BCUT2D eigenvalue weighted by Crippen LogP contribution is -2.31. The van der Waals surface area contributed by atoms with E-state index in [1.165, 1.54) is 13.2 Å². The highest BCUT2D eigenvalue weighted by Crippen LogP contribution is 2.41. The molecule has 0 spiro atoms. The van der Waals surface area contributed by atoms with Crippen molar-refractivity contribution in [3.8, 4) is 0 Å². The number of rotatable bonds is 5. The van der Waals surface area contributed by atoms with Gasteiger partial charge in [0.2, 0.25) is 11.8 Å². The standard InChI is InChI=1S/C14H16ClF2N3O3S/c1-18-12(21)8-5-10(24-11(8)15)13(22)19-7-4-9(17)14(23)20(6-7)3-2-16/h4,6,8,10-11H,2-3,5H2,1H3,(H,18,21)(H,19,22). The number of nitrogens with one attached hydrogen (secondary N) is 2. The first-order valence-corrected chi connectivity index (χ1v) is 8.53. The zero-order valence-corrected chi connectivity index (χ0v) is 14.3. The summed E-state index contributed by atoms with van der Waals surface area (Å²) >= 11 is 7.22. The number of nitrogens with zero attached hydrogens (tertiary/aromatic N) is 1. The largest absolute Gasteiger partial charge is 0.359 e. The number of anilines is 1. The molecule has 0 bridgehead atoms. The summed E-state index contributed by atoms with van der Waals surface area (Å²) in [5.74, 6) is -2.30. The summed E-state index contributed by atoms with van der Waals surface area (Å²) in [6.45, 7) is -1.14. The molecule has 1 aliphatic heterocycles. The van der Waals surface area contributed by atoms with Crippen LogP contribution >= 0.6 is 23.4 Å². The number of carbonyl (C=O) groups is 2. The van der Waals surface area contributed by atoms with Gasteiger partial charge in [-0.05, 0) is 6.42 Å². The number of carbonyl (C=O) groups excluding carboxylic acids is 2. The molecule has 1 aromatic rings. The Bertz CT molecular complexity index is 700. The van der Waals surface area contributed by atoms with Crippen molar-refractivity contribution in [1.82, 2.24) is 9.88 Å². The molecule has 3 atom stereocenters. The molecule has 2 heterocycles. The fourth-order valence-electron chi connectivity index (χ4n) is 2.37. The zero-order chi connectivity index (χ0) is 17.9. The molecule has 24 heavy (non-hydrogen) atoms. The van der Waals surface area contributed by atoms with E-state index in [4.69, 9.17) is 11.6 Å². The van der Waals surface area contributed by atoms with Crippen molar-refractivity contribution in [3.05, 3.63) is 28.4 Å². The second-order valence-electron chi connectivity index (χ2n) is 5.19. The Morgan fingerprint density at radius 1 is 1.46 bits per heavy atom. The van der Waals surface area contributed by atoms with Crippen LogP contribution in [0.3, 0.4) is 0 Å². The predicted octanol–water partition coefficient (Wildman–Crippen LogP) is 1.33. The Labute approximate surface area is 145 Å². The fraction of sp³-hybridized carbons (Fsp3) is 0.500. The summed E-state index contributed by atoms with van der Waals surface area (Å²) in [6, 6.07) is 0.878. The van der Waals surface area contributed by atoms with Crippen LogP contribution in [-0.4, -0.2) is 40.1 Å². The van der Waals surface area contributed by atoms with Crippen LogP contribution in [0, 0.1) is 11.7 Å². The van der Waals surface area contributed by atoms with Crippen molar-refractivity contribution >= 4 is 40.9 Å². The summed E-state index contributed by atoms with van der Waals surface area (Å²) < 4.78 is 26.3. The van der Waals surface area contributed by atoms with Gasteiger partial charge in [0.1, 0.15) is 6.67 Å². The lowest BCUT2D eigenvalue weighted by atomic mass is 10.0. The maximum absolute atomic E-state index is 13.6. The van der Waals surface area contributed by atoms with Crippen LogP contribution in [0.2, 0.25) is 0 Å². The summed E-state index contributed by atoms with van der Waals surface area (Å²) in [7, 11) is 1.49. The predicted molar refractivity (Wildman–Crippen MR) is 88.5 cm³/mol. The van der Waals surface area contributed by atoms with Gasteiger partial charge in [-0.3, -0.25) is 14.4 Å². The van der Waals surface area contributed by atoms with Crippen molar-refractivity contribution in [2.75, 3.05) is 19.0 Å². The van der Waals surface area contributed by atoms with Crippen LogP contribution in [0.1, 0.15) is 6.42 Å². The van der Waals surface area contributed by atoms with E-state index in [9.17, 15) is 23.2 Å². The van der Waals surface area contributed by atoms with Gasteiger partial charge >= 0.3 is 0 Å². The second-order valence-corrected chi connectivity index (χ2v) is 7.26. The summed E-state index contributed by atoms with van der Waals surface area (Å²) in [6.07, 6.45) is 1.42. The first kappa shape index (κ1) is 18.7. The van der Waals surface area contributed by atoms with Gasteiger partial charge in [0.05, 0.1) is 28.1 Å². The van der Waals surface area contributed by atoms with E-state index < -0.39 is 39.8 Å². The van der Waals surface area contributed by atoms with Crippen LogP contribution < -0.4 is 16.2 Å². The molecular formula is C14H16ClF2N3O3S. The van der Waals surface area contributed by atoms with Gasteiger partial charge in [-0.25, -0.2) is 8.78 Å². The monoisotopic (exact) mass is 379 g/mol. The van der Waals surface area contributed by atoms with E-state index in [1.807, 2.05) is 0 Å². The lowest BCUT2D eigenvalue weighted by molar-refractivity contribution is -0.124. The van der Waals surface area contributed by atoms with Gasteiger partial charge < -0.3 is 15.2 Å². The van der Waals surface area contributed by atoms with E-state index in [0.717, 1.165) is 22.4 Å². The average Bonchev–Trinajstić information content (AvgIpc) is 2.93. The normalized spacial score (nSPS) is 23.1. The third-order valence-electron chi connectivity index (χ3n) is 3.59. The number of pyridine rings is 1. The number of thioether (sulfide) groups is 1. The van der Waals surface area contributed by atoms with E-state index in [1.54, 1.807) is 0 Å². The number of aromatic nitrogens is 1. The number of aryl methyl sites for hydroxylation is 1. The quantitative estimate of drug-likeness (QED) is 0.756. The molecule has 10 heteroatoms. The maximum atomic E-state index is 13.6. The smallest absolute Gasteiger partial charge is 0.286 e. The van der Waals surface area contributed by atoms with E-state index in [-0.39, 0.29) is 24.6 Å². The molecule has 1 saturated heterocycles. The molecule has 0 saturated carbocycles. The molecule has 1 aliphatic rings. The third-order valence-corrected chi connectivity index (χ3v) is 5.53. The molecule has 6 nitrogen and oxygen atoms in total. The minimum absolute atomic E-state index is 0.0423. The van der Waals surface area contributed by atoms with Gasteiger partial charge in [0.25, 0.3) is 5.56 Å². The van der Waals surface area contributed by atoms with Crippen LogP contribution in [0.5, 0.6) is 0 Å². The Balaban J connectivity index is 2.10. The van der Waals surface area contributed by atoms with E-state index in [2.05, 4.69) is 10.6 Å². The highest BCUT2D eigenvalue weighted by atomic mass is 35.5. The molecular weight excluding hydrogens is 364 g/mol. The second kappa shape index (κ2) is 7.98. The zero-order valence-electron chi connectivity index (χ0n) is 12.7. The maximum Gasteiger partial charge on any atom is 0.286 e. The summed E-state index contributed by atoms with van der Waals surface area (Å²) in [4.78, 5) is 35.5. The van der Waals surface area contributed by atoms with E-state index >= 15 is 0 Å². The first-order valence-electron chi connectivity index (χ1n) is 7.15. The lowest BCUT2D eigenvalue weighted by Gasteiger charge is -2.12. The Morgan fingerprint density at radius 2 is 2.17 bits per heavy atom. The minimum atomic E-state index is -1.08. The molecule has 132 valence electrons. The van der Waals surface area contributed by atoms with Gasteiger partial charge in [-0.1, -0.05) is 0 Å². The number of alkyl halides is 2. The van der Waals surface area contributed by atoms with Crippen molar-refractivity contribution in [2.24, 2.45) is 5.92 Å². The van der Waals surface area contributed by atoms with Crippen LogP contribution in [0.15, 0.2) is 17.1 Å². The van der Waals surface area contributed by atoms with Gasteiger partial charge in [-0.2, -0.15) is 0 Å². The SMILES string of the molecule is CNC(=O)C1CC(C(=O)Nc2cc(F)c(=O)n(CCF)c2)SC1Cl. The number of halogens is 3. The molecule has 0 aliphatic carbocycles. The third kappa shape index (κ3) is 4.07. The van der Waals surface area contributed by atoms with Crippen molar-refractivity contribution in [3.63, 3.8) is 0 Å². The van der Waals surface area contributed by atoms with E-state index in [0.29, 0.717) is 0 Å². The first-order chi connectivity index (χ1) is 11.4. The number of amides is 2. The molecule has 3 unspecified atom stereocenters.